The van der Waals surface area contributed by atoms with Gasteiger partial charge in [0.1, 0.15) is 18.8 Å². The Morgan fingerprint density at radius 1 is 1.10 bits per heavy atom. The Labute approximate surface area is 166 Å². The van der Waals surface area contributed by atoms with Gasteiger partial charge in [0.05, 0.1) is 5.56 Å². The van der Waals surface area contributed by atoms with Gasteiger partial charge in [-0.25, -0.2) is 0 Å². The minimum atomic E-state index is -1.65. The normalized spacial score (nSPS) is 26.1. The summed E-state index contributed by atoms with van der Waals surface area (Å²) in [5.74, 6) is -2.71. The highest BCUT2D eigenvalue weighted by Crippen LogP contribution is 2.26. The van der Waals surface area contributed by atoms with Gasteiger partial charge in [0, 0.05) is 33.2 Å². The van der Waals surface area contributed by atoms with Crippen molar-refractivity contribution in [3.05, 3.63) is 30.1 Å². The number of amides is 1. The van der Waals surface area contributed by atoms with Gasteiger partial charge in [0.25, 0.3) is 5.91 Å². The number of carbonyl (C=O) groups is 4. The molecule has 0 bridgehead atoms. The van der Waals surface area contributed by atoms with Crippen LogP contribution in [0.15, 0.2) is 24.5 Å². The van der Waals surface area contributed by atoms with Crippen molar-refractivity contribution in [2.75, 3.05) is 6.61 Å². The molecular formula is C18H22N2O9. The van der Waals surface area contributed by atoms with Crippen molar-refractivity contribution in [2.45, 2.75) is 51.4 Å². The van der Waals surface area contributed by atoms with E-state index in [9.17, 15) is 24.3 Å². The van der Waals surface area contributed by atoms with E-state index in [-0.39, 0.29) is 12.2 Å². The van der Waals surface area contributed by atoms with E-state index in [0.717, 1.165) is 13.8 Å². The third-order valence-electron chi connectivity index (χ3n) is 3.94. The molecule has 5 unspecified atom stereocenters. The molecule has 2 heterocycles. The molecule has 29 heavy (non-hydrogen) atoms. The van der Waals surface area contributed by atoms with Crippen LogP contribution in [0, 0.1) is 0 Å². The summed E-state index contributed by atoms with van der Waals surface area (Å²) in [4.78, 5) is 50.6. The number of ether oxygens (including phenoxy) is 4. The lowest BCUT2D eigenvalue weighted by molar-refractivity contribution is -0.263. The fourth-order valence-corrected chi connectivity index (χ4v) is 2.80. The molecule has 0 radical (unpaired) electrons. The molecule has 2 rings (SSSR count). The number of nitrogens with zero attached hydrogens (tertiary/aromatic N) is 1. The zero-order valence-electron chi connectivity index (χ0n) is 16.1. The first-order valence-corrected chi connectivity index (χ1v) is 8.71. The number of pyridine rings is 1. The second-order valence-electron chi connectivity index (χ2n) is 6.26. The first kappa shape index (κ1) is 22.2. The molecule has 0 saturated carbocycles. The molecule has 2 N–H and O–H groups in total. The lowest BCUT2D eigenvalue weighted by Crippen LogP contribution is -2.66. The maximum Gasteiger partial charge on any atom is 0.303 e. The molecule has 158 valence electrons. The predicted molar refractivity (Wildman–Crippen MR) is 94.1 cm³/mol. The van der Waals surface area contributed by atoms with Crippen LogP contribution < -0.4 is 5.32 Å². The number of aromatic nitrogens is 1. The van der Waals surface area contributed by atoms with Gasteiger partial charge in [-0.05, 0) is 12.1 Å². The van der Waals surface area contributed by atoms with Crippen molar-refractivity contribution in [1.82, 2.24) is 10.3 Å². The van der Waals surface area contributed by atoms with Crippen molar-refractivity contribution in [3.63, 3.8) is 0 Å². The Hall–Kier alpha value is -3.05. The van der Waals surface area contributed by atoms with Gasteiger partial charge in [0.15, 0.2) is 18.5 Å². The summed E-state index contributed by atoms with van der Waals surface area (Å²) in [5, 5.41) is 12.9. The monoisotopic (exact) mass is 410 g/mol. The van der Waals surface area contributed by atoms with Gasteiger partial charge in [-0.1, -0.05) is 0 Å². The van der Waals surface area contributed by atoms with E-state index in [1.54, 1.807) is 6.07 Å². The van der Waals surface area contributed by atoms with E-state index >= 15 is 0 Å². The van der Waals surface area contributed by atoms with Crippen molar-refractivity contribution < 1.29 is 43.2 Å². The summed E-state index contributed by atoms with van der Waals surface area (Å²) in [6.45, 7) is 3.04. The molecule has 1 aromatic rings. The minimum Gasteiger partial charge on any atom is -0.463 e. The molecule has 1 amide bonds. The molecule has 11 nitrogen and oxygen atoms in total. The zero-order valence-corrected chi connectivity index (χ0v) is 16.1. The van der Waals surface area contributed by atoms with E-state index in [1.807, 2.05) is 0 Å². The fourth-order valence-electron chi connectivity index (χ4n) is 2.80. The molecule has 5 atom stereocenters. The Balaban J connectivity index is 2.30. The van der Waals surface area contributed by atoms with Crippen molar-refractivity contribution in [3.8, 4) is 0 Å². The third-order valence-corrected chi connectivity index (χ3v) is 3.94. The quantitative estimate of drug-likeness (QED) is 0.456. The Kier molecular flexibility index (Phi) is 7.62. The molecule has 1 aliphatic heterocycles. The minimum absolute atomic E-state index is 0.187. The Morgan fingerprint density at radius 2 is 1.76 bits per heavy atom. The van der Waals surface area contributed by atoms with Crippen LogP contribution in [0.2, 0.25) is 0 Å². The molecule has 1 aromatic heterocycles. The van der Waals surface area contributed by atoms with Crippen LogP contribution in [0.4, 0.5) is 0 Å². The lowest BCUT2D eigenvalue weighted by atomic mass is 9.96. The number of rotatable bonds is 6. The van der Waals surface area contributed by atoms with Crippen molar-refractivity contribution in [1.29, 1.82) is 0 Å². The van der Waals surface area contributed by atoms with E-state index in [0.29, 0.717) is 0 Å². The van der Waals surface area contributed by atoms with Crippen LogP contribution in [-0.2, 0) is 33.3 Å². The maximum absolute atomic E-state index is 12.5. The van der Waals surface area contributed by atoms with E-state index < -0.39 is 54.5 Å². The zero-order chi connectivity index (χ0) is 21.6. The van der Waals surface area contributed by atoms with Crippen molar-refractivity contribution in [2.24, 2.45) is 0 Å². The molecule has 11 heteroatoms. The maximum atomic E-state index is 12.5. The van der Waals surface area contributed by atoms with Crippen molar-refractivity contribution >= 4 is 23.8 Å². The number of carbonyl (C=O) groups excluding carboxylic acids is 4. The summed E-state index contributed by atoms with van der Waals surface area (Å²) in [6, 6.07) is 1.76. The summed E-state index contributed by atoms with van der Waals surface area (Å²) < 4.78 is 20.7. The number of hydrogen-bond acceptors (Lipinski definition) is 10. The van der Waals surface area contributed by atoms with Crippen LogP contribution >= 0.6 is 0 Å². The van der Waals surface area contributed by atoms with Gasteiger partial charge >= 0.3 is 17.9 Å². The number of esters is 3. The highest BCUT2D eigenvalue weighted by molar-refractivity contribution is 5.94. The van der Waals surface area contributed by atoms with Crippen LogP contribution in [-0.4, -0.2) is 71.2 Å². The van der Waals surface area contributed by atoms with E-state index in [1.165, 1.54) is 25.4 Å². The predicted octanol–water partition coefficient (Wildman–Crippen LogP) is -0.676. The van der Waals surface area contributed by atoms with Gasteiger partial charge < -0.3 is 29.4 Å². The molecule has 0 aliphatic carbocycles. The fraction of sp³-hybridized carbons (Fsp3) is 0.500. The summed E-state index contributed by atoms with van der Waals surface area (Å²) in [6.07, 6.45) is -2.55. The molecule has 1 aliphatic rings. The topological polar surface area (TPSA) is 150 Å². The van der Waals surface area contributed by atoms with Gasteiger partial charge in [-0.3, -0.25) is 24.2 Å². The Morgan fingerprint density at radius 3 is 2.31 bits per heavy atom. The molecular weight excluding hydrogens is 388 g/mol. The summed E-state index contributed by atoms with van der Waals surface area (Å²) in [7, 11) is 0. The largest absolute Gasteiger partial charge is 0.463 e. The SMILES string of the molecule is CC(=O)OCC1OC(O)C(NC(=O)c2cccnc2)C(OC(C)=O)C1OC(C)=O. The molecule has 0 spiro atoms. The first-order valence-electron chi connectivity index (χ1n) is 8.71. The summed E-state index contributed by atoms with van der Waals surface area (Å²) >= 11 is 0. The molecule has 1 saturated heterocycles. The Bertz CT molecular complexity index is 755. The third kappa shape index (κ3) is 6.22. The average molecular weight is 410 g/mol. The van der Waals surface area contributed by atoms with Crippen LogP contribution in [0.1, 0.15) is 31.1 Å². The molecule has 0 aromatic carbocycles. The van der Waals surface area contributed by atoms with Gasteiger partial charge in [-0.2, -0.15) is 0 Å². The van der Waals surface area contributed by atoms with E-state index in [2.05, 4.69) is 10.3 Å². The number of aliphatic hydroxyl groups excluding tert-OH is 1. The van der Waals surface area contributed by atoms with Crippen LogP contribution in [0.25, 0.3) is 0 Å². The average Bonchev–Trinajstić information content (AvgIpc) is 2.65. The van der Waals surface area contributed by atoms with Crippen LogP contribution in [0.5, 0.6) is 0 Å². The highest BCUT2D eigenvalue weighted by Gasteiger charge is 2.50. The number of aliphatic hydroxyl groups is 1. The number of hydrogen-bond donors (Lipinski definition) is 2. The smallest absolute Gasteiger partial charge is 0.303 e. The van der Waals surface area contributed by atoms with E-state index in [4.69, 9.17) is 18.9 Å². The first-order chi connectivity index (χ1) is 13.7. The van der Waals surface area contributed by atoms with Crippen LogP contribution in [0.3, 0.4) is 0 Å². The standard InChI is InChI=1S/C18H22N2O9/c1-9(21)26-8-13-15(27-10(2)22)16(28-11(3)23)14(18(25)29-13)20-17(24)12-5-4-6-19-7-12/h4-7,13-16,18,25H,8H2,1-3H3,(H,20,24). The lowest BCUT2D eigenvalue weighted by Gasteiger charge is -2.43. The number of nitrogens with one attached hydrogen (secondary N) is 1. The summed E-state index contributed by atoms with van der Waals surface area (Å²) in [5.41, 5.74) is 0.187. The second-order valence-corrected chi connectivity index (χ2v) is 6.26. The molecule has 1 fully saturated rings. The van der Waals surface area contributed by atoms with Gasteiger partial charge in [-0.15, -0.1) is 0 Å². The second kappa shape index (κ2) is 9.94. The van der Waals surface area contributed by atoms with Gasteiger partial charge in [0.2, 0.25) is 0 Å². The highest BCUT2D eigenvalue weighted by atomic mass is 16.7.